The van der Waals surface area contributed by atoms with Crippen LogP contribution in [0.25, 0.3) is 0 Å². The second kappa shape index (κ2) is 5.30. The van der Waals surface area contributed by atoms with E-state index in [-0.39, 0.29) is 6.07 Å². The van der Waals surface area contributed by atoms with Crippen molar-refractivity contribution in [3.05, 3.63) is 26.8 Å². The molecule has 0 unspecified atom stereocenters. The lowest BCUT2D eigenvalue weighted by atomic mass is 9.92. The average molecular weight is 455 g/mol. The Balaban J connectivity index is 3.78. The van der Waals surface area contributed by atoms with Crippen LogP contribution in [0.4, 0.5) is 49.6 Å². The fraction of sp³-hybridized carbons (Fsp3) is 0.400. The molecule has 126 valence electrons. The summed E-state index contributed by atoms with van der Waals surface area (Å²) in [7, 11) is 0. The van der Waals surface area contributed by atoms with E-state index >= 15 is 0 Å². The fourth-order valence-corrected chi connectivity index (χ4v) is 2.17. The van der Waals surface area contributed by atoms with Crippen LogP contribution in [-0.4, -0.2) is 12.4 Å². The van der Waals surface area contributed by atoms with Gasteiger partial charge in [-0.05, 0) is 34.7 Å². The zero-order valence-corrected chi connectivity index (χ0v) is 12.0. The summed E-state index contributed by atoms with van der Waals surface area (Å²) in [5.74, 6) is 0. The first-order chi connectivity index (χ1) is 9.53. The maximum atomic E-state index is 13.8. The van der Waals surface area contributed by atoms with Gasteiger partial charge in [0.2, 0.25) is 0 Å². The molecule has 22 heavy (non-hydrogen) atoms. The molecule has 0 aliphatic rings. The van der Waals surface area contributed by atoms with Gasteiger partial charge in [-0.2, -0.15) is 39.5 Å². The van der Waals surface area contributed by atoms with Crippen LogP contribution < -0.4 is 5.73 Å². The third-order valence-electron chi connectivity index (χ3n) is 2.61. The van der Waals surface area contributed by atoms with Gasteiger partial charge < -0.3 is 5.73 Å². The van der Waals surface area contributed by atoms with E-state index < -0.39 is 50.6 Å². The third kappa shape index (κ3) is 3.06. The zero-order chi connectivity index (χ0) is 17.7. The van der Waals surface area contributed by atoms with Crippen molar-refractivity contribution < 1.29 is 43.9 Å². The Morgan fingerprint density at radius 2 is 1.18 bits per heavy atom. The zero-order valence-electron chi connectivity index (χ0n) is 9.89. The van der Waals surface area contributed by atoms with E-state index in [1.807, 2.05) is 0 Å². The van der Waals surface area contributed by atoms with Crippen molar-refractivity contribution in [3.63, 3.8) is 0 Å². The summed E-state index contributed by atoms with van der Waals surface area (Å²) in [6.07, 6.45) is -18.4. The lowest BCUT2D eigenvalue weighted by molar-refractivity contribution is -0.348. The van der Waals surface area contributed by atoms with Crippen molar-refractivity contribution in [2.45, 2.75) is 24.2 Å². The van der Waals surface area contributed by atoms with Gasteiger partial charge in [0, 0.05) is 9.13 Å². The van der Waals surface area contributed by atoms with Crippen molar-refractivity contribution in [2.75, 3.05) is 5.73 Å². The van der Waals surface area contributed by atoms with Crippen molar-refractivity contribution in [3.8, 4) is 0 Å². The Kier molecular flexibility index (Phi) is 4.60. The van der Waals surface area contributed by atoms with Crippen molar-refractivity contribution >= 4 is 28.3 Å². The number of rotatable bonds is 1. The molecule has 1 aromatic carbocycles. The smallest absolute Gasteiger partial charge is 0.397 e. The average Bonchev–Trinajstić information content (AvgIpc) is 2.26. The second-order valence-electron chi connectivity index (χ2n) is 4.07. The molecule has 1 rings (SSSR count). The van der Waals surface area contributed by atoms with Crippen molar-refractivity contribution in [1.29, 1.82) is 0 Å². The number of benzene rings is 1. The van der Waals surface area contributed by atoms with Gasteiger partial charge in [-0.3, -0.25) is 0 Å². The van der Waals surface area contributed by atoms with E-state index in [2.05, 4.69) is 0 Å². The molecule has 0 aliphatic carbocycles. The first-order valence-electron chi connectivity index (χ1n) is 5.02. The number of alkyl halides is 10. The van der Waals surface area contributed by atoms with Crippen LogP contribution in [-0.2, 0) is 11.8 Å². The van der Waals surface area contributed by atoms with E-state index in [1.165, 1.54) is 0 Å². The van der Waals surface area contributed by atoms with Gasteiger partial charge in [-0.25, -0.2) is 4.39 Å². The predicted molar refractivity (Wildman–Crippen MR) is 63.5 cm³/mol. The van der Waals surface area contributed by atoms with Crippen LogP contribution in [0.15, 0.2) is 12.1 Å². The molecular weight excluding hydrogens is 451 g/mol. The summed E-state index contributed by atoms with van der Waals surface area (Å²) in [6, 6.07) is -0.607. The second-order valence-corrected chi connectivity index (χ2v) is 5.23. The Morgan fingerprint density at radius 3 is 1.50 bits per heavy atom. The Hall–Kier alpha value is -0.950. The predicted octanol–water partition coefficient (Wildman–Crippen LogP) is 5.18. The standard InChI is InChI=1S/C10H4F10IN/c11-7(9(15,16)17,10(18,19)20)3-1-4(8(12,13)14)6(22)5(21)2-3/h1-2H,22H2. The van der Waals surface area contributed by atoms with Gasteiger partial charge in [-0.15, -0.1) is 0 Å². The van der Waals surface area contributed by atoms with Gasteiger partial charge in [-0.1, -0.05) is 0 Å². The molecule has 0 spiro atoms. The molecule has 0 radical (unpaired) electrons. The highest BCUT2D eigenvalue weighted by Crippen LogP contribution is 2.54. The van der Waals surface area contributed by atoms with Crippen LogP contribution >= 0.6 is 22.6 Å². The molecule has 1 nitrogen and oxygen atoms in total. The number of halogens is 11. The normalized spacial score (nSPS) is 14.3. The van der Waals surface area contributed by atoms with E-state index in [1.54, 1.807) is 0 Å². The molecule has 1 aromatic rings. The molecule has 0 heterocycles. The maximum Gasteiger partial charge on any atom is 0.435 e. The minimum absolute atomic E-state index is 0.0217. The molecule has 0 saturated heterocycles. The lowest BCUT2D eigenvalue weighted by Gasteiger charge is -2.31. The first-order valence-corrected chi connectivity index (χ1v) is 6.10. The van der Waals surface area contributed by atoms with Gasteiger partial charge >= 0.3 is 24.2 Å². The number of hydrogen-bond donors (Lipinski definition) is 1. The summed E-state index contributed by atoms with van der Waals surface area (Å²) in [6.45, 7) is 0. The van der Waals surface area contributed by atoms with Crippen LogP contribution in [0.3, 0.4) is 0 Å². The third-order valence-corrected chi connectivity index (χ3v) is 3.51. The highest BCUT2D eigenvalue weighted by molar-refractivity contribution is 14.1. The van der Waals surface area contributed by atoms with Crippen molar-refractivity contribution in [2.24, 2.45) is 0 Å². The molecule has 0 atom stereocenters. The highest BCUT2D eigenvalue weighted by atomic mass is 127. The molecule has 2 N–H and O–H groups in total. The fourth-order valence-electron chi connectivity index (χ4n) is 1.54. The molecule has 0 amide bonds. The van der Waals surface area contributed by atoms with Crippen LogP contribution in [0.2, 0.25) is 0 Å². The van der Waals surface area contributed by atoms with Gasteiger partial charge in [0.05, 0.1) is 11.3 Å². The van der Waals surface area contributed by atoms with Crippen LogP contribution in [0.5, 0.6) is 0 Å². The Labute approximate surface area is 129 Å². The van der Waals surface area contributed by atoms with Crippen molar-refractivity contribution in [1.82, 2.24) is 0 Å². The highest BCUT2D eigenvalue weighted by Gasteiger charge is 2.73. The molecule has 0 aromatic heterocycles. The number of nitrogens with two attached hydrogens (primary N) is 1. The number of hydrogen-bond acceptors (Lipinski definition) is 1. The SMILES string of the molecule is Nc1c(I)cc(C(F)(C(F)(F)F)C(F)(F)F)cc1C(F)(F)F. The van der Waals surface area contributed by atoms with E-state index in [0.29, 0.717) is 0 Å². The summed E-state index contributed by atoms with van der Waals surface area (Å²) in [5, 5.41) is 0. The molecule has 0 saturated carbocycles. The largest absolute Gasteiger partial charge is 0.435 e. The van der Waals surface area contributed by atoms with Crippen LogP contribution in [0.1, 0.15) is 11.1 Å². The topological polar surface area (TPSA) is 26.0 Å². The quantitative estimate of drug-likeness (QED) is 0.353. The monoisotopic (exact) mass is 455 g/mol. The number of anilines is 1. The molecule has 0 bridgehead atoms. The minimum atomic E-state index is -6.51. The summed E-state index contributed by atoms with van der Waals surface area (Å²) in [4.78, 5) is 0. The lowest BCUT2D eigenvalue weighted by Crippen LogP contribution is -2.50. The molecular formula is C10H4F10IN. The van der Waals surface area contributed by atoms with Gasteiger partial charge in [0.15, 0.2) is 0 Å². The molecule has 0 aliphatic heterocycles. The van der Waals surface area contributed by atoms with Gasteiger partial charge in [0.25, 0.3) is 0 Å². The Morgan fingerprint density at radius 1 is 0.773 bits per heavy atom. The van der Waals surface area contributed by atoms with E-state index in [4.69, 9.17) is 5.73 Å². The number of nitrogen functional groups attached to an aromatic ring is 1. The minimum Gasteiger partial charge on any atom is -0.397 e. The maximum absolute atomic E-state index is 13.8. The summed E-state index contributed by atoms with van der Waals surface area (Å²) < 4.78 is 126. The summed E-state index contributed by atoms with van der Waals surface area (Å²) in [5.41, 5.74) is -6.28. The molecule has 12 heteroatoms. The van der Waals surface area contributed by atoms with Crippen LogP contribution in [0, 0.1) is 3.57 Å². The van der Waals surface area contributed by atoms with E-state index in [9.17, 15) is 43.9 Å². The van der Waals surface area contributed by atoms with Gasteiger partial charge in [0.1, 0.15) is 0 Å². The first kappa shape index (κ1) is 19.1. The summed E-state index contributed by atoms with van der Waals surface area (Å²) >= 11 is 0.986. The Bertz CT molecular complexity index is 557. The molecule has 0 fully saturated rings. The van der Waals surface area contributed by atoms with E-state index in [0.717, 1.165) is 22.6 Å².